The number of nitrogens with zero attached hydrogens (tertiary/aromatic N) is 3. The average molecular weight is 392 g/mol. The molecule has 0 radical (unpaired) electrons. The quantitative estimate of drug-likeness (QED) is 0.822. The van der Waals surface area contributed by atoms with Gasteiger partial charge in [0.25, 0.3) is 0 Å². The zero-order valence-corrected chi connectivity index (χ0v) is 16.3. The molecule has 1 aromatic heterocycles. The van der Waals surface area contributed by atoms with Crippen LogP contribution in [0.4, 0.5) is 5.82 Å². The molecule has 2 aromatic rings. The molecule has 1 aromatic carbocycles. The van der Waals surface area contributed by atoms with E-state index in [4.69, 9.17) is 14.6 Å². The Labute approximate surface area is 158 Å². The molecule has 2 aliphatic rings. The van der Waals surface area contributed by atoms with Crippen molar-refractivity contribution in [3.8, 4) is 11.5 Å². The Bertz CT molecular complexity index is 973. The van der Waals surface area contributed by atoms with Crippen LogP contribution in [0.15, 0.2) is 18.5 Å². The Kier molecular flexibility index (Phi) is 4.38. The largest absolute Gasteiger partial charge is 0.493 e. The minimum absolute atomic E-state index is 0.0855. The Morgan fingerprint density at radius 1 is 1.22 bits per heavy atom. The molecule has 1 atom stereocenters. The second-order valence-electron chi connectivity index (χ2n) is 7.72. The van der Waals surface area contributed by atoms with E-state index in [1.54, 1.807) is 20.5 Å². The van der Waals surface area contributed by atoms with Crippen molar-refractivity contribution in [3.63, 3.8) is 0 Å². The minimum Gasteiger partial charge on any atom is -0.493 e. The number of sulfonamides is 1. The summed E-state index contributed by atoms with van der Waals surface area (Å²) in [6.45, 7) is 1.74. The summed E-state index contributed by atoms with van der Waals surface area (Å²) < 4.78 is 33.5. The lowest BCUT2D eigenvalue weighted by molar-refractivity contribution is 0.214. The third-order valence-corrected chi connectivity index (χ3v) is 6.68. The number of benzene rings is 1. The molecule has 2 fully saturated rings. The summed E-state index contributed by atoms with van der Waals surface area (Å²) in [4.78, 5) is 11.1. The molecule has 146 valence electrons. The third-order valence-electron chi connectivity index (χ3n) is 5.74. The van der Waals surface area contributed by atoms with E-state index in [2.05, 4.69) is 14.9 Å². The van der Waals surface area contributed by atoms with Crippen molar-refractivity contribution in [2.24, 2.45) is 16.5 Å². The van der Waals surface area contributed by atoms with Gasteiger partial charge in [0.15, 0.2) is 11.5 Å². The number of hydrogen-bond acceptors (Lipinski definition) is 7. The SMILES string of the molecule is COc1cc2ncnc(N3CC4(CCC(CS(N)(=O)=O)C4)C3)c2cc1OC. The van der Waals surface area contributed by atoms with Crippen LogP contribution in [0.2, 0.25) is 0 Å². The number of methoxy groups -OCH3 is 2. The summed E-state index contributed by atoms with van der Waals surface area (Å²) in [5.41, 5.74) is 0.973. The van der Waals surface area contributed by atoms with E-state index in [1.807, 2.05) is 12.1 Å². The highest BCUT2D eigenvalue weighted by Crippen LogP contribution is 2.50. The van der Waals surface area contributed by atoms with Crippen LogP contribution in [0, 0.1) is 11.3 Å². The van der Waals surface area contributed by atoms with Gasteiger partial charge < -0.3 is 14.4 Å². The molecule has 2 heterocycles. The van der Waals surface area contributed by atoms with E-state index in [9.17, 15) is 8.42 Å². The molecule has 9 heteroatoms. The lowest BCUT2D eigenvalue weighted by Gasteiger charge is -2.49. The number of fused-ring (bicyclic) bond motifs is 1. The van der Waals surface area contributed by atoms with E-state index < -0.39 is 10.0 Å². The molecule has 0 bridgehead atoms. The zero-order valence-electron chi connectivity index (χ0n) is 15.5. The predicted octanol–water partition coefficient (Wildman–Crippen LogP) is 1.54. The van der Waals surface area contributed by atoms with Gasteiger partial charge in [-0.25, -0.2) is 23.5 Å². The maximum absolute atomic E-state index is 11.4. The summed E-state index contributed by atoms with van der Waals surface area (Å²) in [6.07, 6.45) is 4.41. The van der Waals surface area contributed by atoms with Gasteiger partial charge in [0.05, 0.1) is 25.5 Å². The summed E-state index contributed by atoms with van der Waals surface area (Å²) in [7, 11) is -0.203. The Balaban J connectivity index is 1.55. The monoisotopic (exact) mass is 392 g/mol. The Hall–Kier alpha value is -2.13. The maximum Gasteiger partial charge on any atom is 0.209 e. The molecule has 0 amide bonds. The van der Waals surface area contributed by atoms with Crippen LogP contribution in [0.1, 0.15) is 19.3 Å². The van der Waals surface area contributed by atoms with Crippen LogP contribution in [-0.2, 0) is 10.0 Å². The van der Waals surface area contributed by atoms with Crippen molar-refractivity contribution < 1.29 is 17.9 Å². The first-order valence-electron chi connectivity index (χ1n) is 8.95. The van der Waals surface area contributed by atoms with Gasteiger partial charge in [0, 0.05) is 30.0 Å². The number of aromatic nitrogens is 2. The van der Waals surface area contributed by atoms with E-state index in [0.29, 0.717) is 11.5 Å². The Morgan fingerprint density at radius 2 is 1.93 bits per heavy atom. The minimum atomic E-state index is -3.41. The van der Waals surface area contributed by atoms with Gasteiger partial charge >= 0.3 is 0 Å². The third kappa shape index (κ3) is 3.41. The van der Waals surface area contributed by atoms with Crippen molar-refractivity contribution >= 4 is 26.7 Å². The van der Waals surface area contributed by atoms with Crippen LogP contribution >= 0.6 is 0 Å². The first-order valence-corrected chi connectivity index (χ1v) is 10.7. The van der Waals surface area contributed by atoms with Crippen LogP contribution in [-0.4, -0.2) is 51.4 Å². The van der Waals surface area contributed by atoms with Crippen LogP contribution in [0.3, 0.4) is 0 Å². The number of ether oxygens (including phenoxy) is 2. The van der Waals surface area contributed by atoms with E-state index in [1.165, 1.54) is 0 Å². The molecule has 27 heavy (non-hydrogen) atoms. The van der Waals surface area contributed by atoms with E-state index in [0.717, 1.165) is 49.1 Å². The van der Waals surface area contributed by atoms with Crippen molar-refractivity contribution in [3.05, 3.63) is 18.5 Å². The number of anilines is 1. The van der Waals surface area contributed by atoms with E-state index >= 15 is 0 Å². The summed E-state index contributed by atoms with van der Waals surface area (Å²) in [5, 5.41) is 6.14. The summed E-state index contributed by atoms with van der Waals surface area (Å²) in [5.74, 6) is 2.40. The van der Waals surface area contributed by atoms with Crippen LogP contribution < -0.4 is 19.5 Å². The molecule has 4 rings (SSSR count). The predicted molar refractivity (Wildman–Crippen MR) is 103 cm³/mol. The molecule has 1 aliphatic carbocycles. The van der Waals surface area contributed by atoms with Crippen molar-refractivity contribution in [2.75, 3.05) is 38.0 Å². The normalized spacial score (nSPS) is 21.4. The van der Waals surface area contributed by atoms with Gasteiger partial charge in [0.1, 0.15) is 12.1 Å². The van der Waals surface area contributed by atoms with Gasteiger partial charge in [-0.15, -0.1) is 0 Å². The van der Waals surface area contributed by atoms with Crippen LogP contribution in [0.25, 0.3) is 10.9 Å². The highest BCUT2D eigenvalue weighted by atomic mass is 32.2. The molecular weight excluding hydrogens is 368 g/mol. The summed E-state index contributed by atoms with van der Waals surface area (Å²) in [6, 6.07) is 3.76. The van der Waals surface area contributed by atoms with Gasteiger partial charge in [-0.2, -0.15) is 0 Å². The molecule has 1 saturated carbocycles. The summed E-state index contributed by atoms with van der Waals surface area (Å²) >= 11 is 0. The topological polar surface area (TPSA) is 108 Å². The van der Waals surface area contributed by atoms with Crippen LogP contribution in [0.5, 0.6) is 11.5 Å². The number of rotatable bonds is 5. The van der Waals surface area contributed by atoms with Gasteiger partial charge in [-0.1, -0.05) is 0 Å². The molecule has 1 saturated heterocycles. The Morgan fingerprint density at radius 3 is 2.59 bits per heavy atom. The molecule has 1 unspecified atom stereocenters. The smallest absolute Gasteiger partial charge is 0.209 e. The molecule has 1 aliphatic heterocycles. The first kappa shape index (κ1) is 18.2. The highest BCUT2D eigenvalue weighted by Gasteiger charge is 2.49. The average Bonchev–Trinajstić information content (AvgIpc) is 3.01. The zero-order chi connectivity index (χ0) is 19.2. The van der Waals surface area contributed by atoms with Gasteiger partial charge in [-0.05, 0) is 31.2 Å². The lowest BCUT2D eigenvalue weighted by Crippen LogP contribution is -2.55. The van der Waals surface area contributed by atoms with Crippen molar-refractivity contribution in [1.29, 1.82) is 0 Å². The fourth-order valence-corrected chi connectivity index (χ4v) is 5.56. The maximum atomic E-state index is 11.4. The number of primary sulfonamides is 1. The van der Waals surface area contributed by atoms with Crippen molar-refractivity contribution in [1.82, 2.24) is 9.97 Å². The standard InChI is InChI=1S/C18H24N4O4S/c1-25-15-5-13-14(6-16(15)26-2)20-11-21-17(13)22-9-18(10-22)4-3-12(7-18)8-27(19,23)24/h5-6,11-12H,3-4,7-10H2,1-2H3,(H2,19,23,24). The fraction of sp³-hybridized carbons (Fsp3) is 0.556. The number of hydrogen-bond donors (Lipinski definition) is 1. The first-order chi connectivity index (χ1) is 12.8. The molecular formula is C18H24N4O4S. The highest BCUT2D eigenvalue weighted by molar-refractivity contribution is 7.89. The second kappa shape index (κ2) is 6.49. The van der Waals surface area contributed by atoms with Gasteiger partial charge in [0.2, 0.25) is 10.0 Å². The van der Waals surface area contributed by atoms with Gasteiger partial charge in [-0.3, -0.25) is 0 Å². The van der Waals surface area contributed by atoms with Crippen molar-refractivity contribution in [2.45, 2.75) is 19.3 Å². The number of nitrogens with two attached hydrogens (primary N) is 1. The fourth-order valence-electron chi connectivity index (χ4n) is 4.62. The van der Waals surface area contributed by atoms with E-state index in [-0.39, 0.29) is 17.1 Å². The lowest BCUT2D eigenvalue weighted by atomic mass is 9.77. The molecule has 8 nitrogen and oxygen atoms in total. The molecule has 1 spiro atoms. The second-order valence-corrected chi connectivity index (χ2v) is 9.38. The molecule has 2 N–H and O–H groups in total.